The summed E-state index contributed by atoms with van der Waals surface area (Å²) >= 11 is 0. The van der Waals surface area contributed by atoms with Gasteiger partial charge in [0, 0.05) is 24.8 Å². The minimum atomic E-state index is -1.69. The van der Waals surface area contributed by atoms with Crippen LogP contribution >= 0.6 is 0 Å². The topological polar surface area (TPSA) is 165 Å². The monoisotopic (exact) mass is 602 g/mol. The molecule has 2 saturated heterocycles. The Morgan fingerprint density at radius 1 is 1.07 bits per heavy atom. The van der Waals surface area contributed by atoms with E-state index in [1.54, 1.807) is 33.8 Å². The van der Waals surface area contributed by atoms with E-state index in [9.17, 15) is 24.3 Å². The van der Waals surface area contributed by atoms with Crippen LogP contribution in [0.1, 0.15) is 66.1 Å². The molecule has 1 aromatic heterocycles. The van der Waals surface area contributed by atoms with E-state index in [1.807, 2.05) is 0 Å². The number of fused-ring (bicyclic) bond motifs is 2. The quantitative estimate of drug-likeness (QED) is 0.298. The highest BCUT2D eigenvalue weighted by atomic mass is 16.6. The van der Waals surface area contributed by atoms with Gasteiger partial charge in [-0.2, -0.15) is 0 Å². The van der Waals surface area contributed by atoms with Gasteiger partial charge < -0.3 is 33.2 Å². The van der Waals surface area contributed by atoms with Crippen LogP contribution in [0.5, 0.6) is 0 Å². The molecule has 234 valence electrons. The smallest absolute Gasteiger partial charge is 0.309 e. The molecule has 1 N–H and O–H groups in total. The molecule has 5 rings (SSSR count). The van der Waals surface area contributed by atoms with Crippen LogP contribution in [0.3, 0.4) is 0 Å². The molecule has 12 nitrogen and oxygen atoms in total. The van der Waals surface area contributed by atoms with Crippen molar-refractivity contribution in [3.8, 4) is 0 Å². The Morgan fingerprint density at radius 3 is 2.26 bits per heavy atom. The van der Waals surface area contributed by atoms with Crippen molar-refractivity contribution in [1.29, 1.82) is 0 Å². The van der Waals surface area contributed by atoms with E-state index in [1.165, 1.54) is 33.5 Å². The average Bonchev–Trinajstić information content (AvgIpc) is 3.50. The third kappa shape index (κ3) is 4.05. The average molecular weight is 603 g/mol. The van der Waals surface area contributed by atoms with Gasteiger partial charge in [-0.05, 0) is 31.4 Å². The first-order valence-electron chi connectivity index (χ1n) is 14.2. The molecule has 4 fully saturated rings. The van der Waals surface area contributed by atoms with Gasteiger partial charge in [-0.25, -0.2) is 0 Å². The summed E-state index contributed by atoms with van der Waals surface area (Å²) in [6.07, 6.45) is -4.36. The van der Waals surface area contributed by atoms with E-state index in [2.05, 4.69) is 6.58 Å². The van der Waals surface area contributed by atoms with Gasteiger partial charge in [0.2, 0.25) is 0 Å². The van der Waals surface area contributed by atoms with Gasteiger partial charge in [0.1, 0.15) is 36.1 Å². The molecule has 2 aliphatic heterocycles. The highest BCUT2D eigenvalue weighted by molar-refractivity contribution is 5.94. The van der Waals surface area contributed by atoms with Crippen molar-refractivity contribution >= 4 is 29.7 Å². The van der Waals surface area contributed by atoms with Crippen molar-refractivity contribution in [2.75, 3.05) is 7.11 Å². The molecule has 12 heteroatoms. The molecule has 10 atom stereocenters. The number of hydrogen-bond donors (Lipinski definition) is 1. The fourth-order valence-corrected chi connectivity index (χ4v) is 8.57. The molecule has 3 heterocycles. The van der Waals surface area contributed by atoms with Gasteiger partial charge in [0.25, 0.3) is 0 Å². The number of esters is 4. The van der Waals surface area contributed by atoms with Crippen molar-refractivity contribution < 1.29 is 57.2 Å². The van der Waals surface area contributed by atoms with E-state index in [4.69, 9.17) is 28.1 Å². The molecular weight excluding hydrogens is 564 g/mol. The zero-order valence-electron chi connectivity index (χ0n) is 25.3. The lowest BCUT2D eigenvalue weighted by atomic mass is 9.49. The zero-order chi connectivity index (χ0) is 31.9. The van der Waals surface area contributed by atoms with Crippen LogP contribution in [0.4, 0.5) is 0 Å². The van der Waals surface area contributed by atoms with Crippen molar-refractivity contribution in [3.05, 3.63) is 36.3 Å². The predicted molar refractivity (Wildman–Crippen MR) is 145 cm³/mol. The number of ether oxygens (including phenoxy) is 5. The summed E-state index contributed by atoms with van der Waals surface area (Å²) in [6.45, 7) is 13.4. The molecule has 10 unspecified atom stereocenters. The second-order valence-corrected chi connectivity index (χ2v) is 13.1. The van der Waals surface area contributed by atoms with E-state index >= 15 is 4.79 Å². The van der Waals surface area contributed by atoms with Crippen molar-refractivity contribution in [2.24, 2.45) is 28.1 Å². The summed E-state index contributed by atoms with van der Waals surface area (Å²) < 4.78 is 34.6. The number of furan rings is 1. The molecule has 4 aliphatic rings. The van der Waals surface area contributed by atoms with Crippen molar-refractivity contribution in [2.45, 2.75) is 90.5 Å². The van der Waals surface area contributed by atoms with Crippen molar-refractivity contribution in [3.63, 3.8) is 0 Å². The maximum absolute atomic E-state index is 15.1. The summed E-state index contributed by atoms with van der Waals surface area (Å²) in [5.41, 5.74) is -5.26. The molecule has 0 radical (unpaired) electrons. The predicted octanol–water partition coefficient (Wildman–Crippen LogP) is 2.62. The standard InChI is InChI=1S/C31H38O12/c1-14-21-23(37)29(6)18(11-19(34)38-8)28(4,5)26(41-16(3)33)22(36)27(29)43-31(14)12-20(35)42-24(17-9-10-39-13-17)30(31,7)25(21)40-15(2)32/h9-10,13,18,21-22,24-27,36H,1,11-12H2,2-8H3. The van der Waals surface area contributed by atoms with Crippen LogP contribution in [-0.4, -0.2) is 71.9 Å². The largest absolute Gasteiger partial charge is 0.472 e. The van der Waals surface area contributed by atoms with Crippen molar-refractivity contribution in [1.82, 2.24) is 0 Å². The molecule has 2 aliphatic carbocycles. The molecule has 0 aromatic carbocycles. The highest BCUT2D eigenvalue weighted by Gasteiger charge is 2.80. The lowest BCUT2D eigenvalue weighted by molar-refractivity contribution is -0.297. The number of methoxy groups -OCH3 is 1. The number of carbonyl (C=O) groups is 5. The maximum Gasteiger partial charge on any atom is 0.309 e. The van der Waals surface area contributed by atoms with E-state index < -0.39 is 100 Å². The van der Waals surface area contributed by atoms with Crippen LogP contribution in [0.2, 0.25) is 0 Å². The van der Waals surface area contributed by atoms with Gasteiger partial charge in [0.15, 0.2) is 5.78 Å². The molecule has 0 amide bonds. The molecule has 2 bridgehead atoms. The number of hydrogen-bond acceptors (Lipinski definition) is 12. The Labute approximate surface area is 249 Å². The number of cyclic esters (lactones) is 1. The maximum atomic E-state index is 15.1. The minimum absolute atomic E-state index is 0.192. The second kappa shape index (κ2) is 10.0. The van der Waals surface area contributed by atoms with Gasteiger partial charge in [-0.15, -0.1) is 0 Å². The Balaban J connectivity index is 1.79. The Hall–Kier alpha value is -3.51. The molecular formula is C31H38O12. The summed E-state index contributed by atoms with van der Waals surface area (Å²) in [4.78, 5) is 66.1. The van der Waals surface area contributed by atoms with Gasteiger partial charge >= 0.3 is 23.9 Å². The number of Topliss-reactive ketones (excluding diaryl/α,β-unsaturated/α-hetero) is 1. The Bertz CT molecular complexity index is 1380. The van der Waals surface area contributed by atoms with E-state index in [-0.39, 0.29) is 12.0 Å². The molecule has 1 spiro atoms. The zero-order valence-corrected chi connectivity index (χ0v) is 25.3. The lowest BCUT2D eigenvalue weighted by Crippen LogP contribution is -2.72. The Morgan fingerprint density at radius 2 is 1.70 bits per heavy atom. The summed E-state index contributed by atoms with van der Waals surface area (Å²) in [7, 11) is 1.22. The second-order valence-electron chi connectivity index (χ2n) is 13.1. The lowest BCUT2D eigenvalue weighted by Gasteiger charge is -2.61. The SMILES string of the molecule is C=C1C2C(=O)C3(C)C(OC14CC(=O)OC(c1ccoc1)C4(C)C2OC(C)=O)C(O)C(OC(C)=O)C(C)(C)C3CC(=O)OC. The first kappa shape index (κ1) is 30.9. The van der Waals surface area contributed by atoms with Gasteiger partial charge in [0.05, 0.1) is 49.2 Å². The fourth-order valence-electron chi connectivity index (χ4n) is 8.57. The van der Waals surface area contributed by atoms with Gasteiger partial charge in [-0.3, -0.25) is 24.0 Å². The first-order chi connectivity index (χ1) is 20.0. The summed E-state index contributed by atoms with van der Waals surface area (Å²) in [5.74, 6) is -5.26. The summed E-state index contributed by atoms with van der Waals surface area (Å²) in [6, 6.07) is 1.60. The van der Waals surface area contributed by atoms with Crippen LogP contribution in [0, 0.1) is 28.1 Å². The first-order valence-corrected chi connectivity index (χ1v) is 14.2. The molecule has 1 aromatic rings. The number of ketones is 1. The third-order valence-electron chi connectivity index (χ3n) is 10.6. The number of carbonyl (C=O) groups excluding carboxylic acids is 5. The van der Waals surface area contributed by atoms with Crippen LogP contribution in [0.15, 0.2) is 35.2 Å². The van der Waals surface area contributed by atoms with Crippen LogP contribution in [-0.2, 0) is 47.7 Å². The van der Waals surface area contributed by atoms with Gasteiger partial charge in [-0.1, -0.05) is 20.4 Å². The molecule has 2 saturated carbocycles. The summed E-state index contributed by atoms with van der Waals surface area (Å²) in [5, 5.41) is 12.0. The van der Waals surface area contributed by atoms with Crippen LogP contribution < -0.4 is 0 Å². The Kier molecular flexibility index (Phi) is 7.21. The van der Waals surface area contributed by atoms with E-state index in [0.717, 1.165) is 0 Å². The van der Waals surface area contributed by atoms with E-state index in [0.29, 0.717) is 5.56 Å². The number of aliphatic hydroxyl groups is 1. The van der Waals surface area contributed by atoms with Crippen LogP contribution in [0.25, 0.3) is 0 Å². The minimum Gasteiger partial charge on any atom is -0.472 e. The molecule has 43 heavy (non-hydrogen) atoms. The fraction of sp³-hybridized carbons (Fsp3) is 0.645. The normalized spacial score (nSPS) is 41.3. The number of rotatable bonds is 5. The number of aliphatic hydroxyl groups excluding tert-OH is 1. The third-order valence-corrected chi connectivity index (χ3v) is 10.6. The highest BCUT2D eigenvalue weighted by Crippen LogP contribution is 2.71.